The van der Waals surface area contributed by atoms with E-state index in [2.05, 4.69) is 31.2 Å². The molecular weight excluding hydrogens is 240 g/mol. The number of nitrogens with one attached hydrogen (secondary N) is 1. The topological polar surface area (TPSA) is 114 Å². The molecule has 0 unspecified atom stereocenters. The number of nitrogens with zero attached hydrogens (tertiary/aromatic N) is 3. The van der Waals surface area contributed by atoms with Crippen LogP contribution < -0.4 is 5.32 Å². The van der Waals surface area contributed by atoms with Gasteiger partial charge in [-0.25, -0.2) is 14.8 Å². The molecule has 0 saturated heterocycles. The van der Waals surface area contributed by atoms with Crippen LogP contribution in [0.3, 0.4) is 0 Å². The molecular formula is C10H8N4O4. The largest absolute Gasteiger partial charge is 0.476 e. The Morgan fingerprint density at radius 2 is 2.50 bits per heavy atom. The number of amides is 1. The van der Waals surface area contributed by atoms with Crippen molar-refractivity contribution in [2.75, 3.05) is 11.9 Å². The van der Waals surface area contributed by atoms with Gasteiger partial charge < -0.3 is 15.3 Å². The second-order valence-corrected chi connectivity index (χ2v) is 2.75. The van der Waals surface area contributed by atoms with Gasteiger partial charge in [-0.15, -0.1) is 6.42 Å². The lowest BCUT2D eigenvalue weighted by molar-refractivity contribution is -0.129. The first-order valence-electron chi connectivity index (χ1n) is 4.59. The Balaban J connectivity index is 3.02. The maximum atomic E-state index is 10.9. The third-order valence-electron chi connectivity index (χ3n) is 1.58. The molecule has 18 heavy (non-hydrogen) atoms. The lowest BCUT2D eigenvalue weighted by Gasteiger charge is -2.02. The first-order chi connectivity index (χ1) is 8.69. The first kappa shape index (κ1) is 13.1. The molecule has 0 fully saturated rings. The Hall–Kier alpha value is -2.95. The van der Waals surface area contributed by atoms with E-state index in [1.165, 1.54) is 12.3 Å². The Kier molecular flexibility index (Phi) is 4.80. The number of carbonyl (C=O) groups is 2. The van der Waals surface area contributed by atoms with Crippen molar-refractivity contribution in [3.05, 3.63) is 18.1 Å². The van der Waals surface area contributed by atoms with Crippen LogP contribution in [0.15, 0.2) is 17.4 Å². The van der Waals surface area contributed by atoms with Crippen LogP contribution >= 0.6 is 0 Å². The smallest absolute Gasteiger partial charge is 0.361 e. The minimum atomic E-state index is -1.38. The summed E-state index contributed by atoms with van der Waals surface area (Å²) in [5.74, 6) is 0.681. The molecule has 1 aromatic heterocycles. The van der Waals surface area contributed by atoms with E-state index in [0.29, 0.717) is 6.41 Å². The van der Waals surface area contributed by atoms with Crippen LogP contribution in [-0.4, -0.2) is 39.8 Å². The summed E-state index contributed by atoms with van der Waals surface area (Å²) in [5.41, 5.74) is -0.514. The van der Waals surface area contributed by atoms with Crippen LogP contribution in [0.2, 0.25) is 0 Å². The number of anilines is 1. The maximum Gasteiger partial charge on any atom is 0.361 e. The van der Waals surface area contributed by atoms with Gasteiger partial charge in [0.1, 0.15) is 5.82 Å². The monoisotopic (exact) mass is 248 g/mol. The molecule has 1 heterocycles. The predicted molar refractivity (Wildman–Crippen MR) is 60.7 cm³/mol. The summed E-state index contributed by atoms with van der Waals surface area (Å²) in [6, 6.07) is 1.39. The third kappa shape index (κ3) is 3.57. The Morgan fingerprint density at radius 1 is 1.72 bits per heavy atom. The van der Waals surface area contributed by atoms with E-state index in [1.807, 2.05) is 0 Å². The summed E-state index contributed by atoms with van der Waals surface area (Å²) in [6.07, 6.45) is 6.59. The normalized spacial score (nSPS) is 10.3. The molecule has 0 spiro atoms. The predicted octanol–water partition coefficient (Wildman–Crippen LogP) is -0.517. The van der Waals surface area contributed by atoms with Gasteiger partial charge in [-0.2, -0.15) is 0 Å². The first-order valence-corrected chi connectivity index (χ1v) is 4.59. The lowest BCUT2D eigenvalue weighted by Crippen LogP contribution is -2.19. The van der Waals surface area contributed by atoms with E-state index in [9.17, 15) is 9.59 Å². The minimum Gasteiger partial charge on any atom is -0.476 e. The fourth-order valence-corrected chi connectivity index (χ4v) is 0.923. The lowest BCUT2D eigenvalue weighted by atomic mass is 10.3. The zero-order valence-electron chi connectivity index (χ0n) is 9.03. The van der Waals surface area contributed by atoms with Crippen LogP contribution in [-0.2, 0) is 14.4 Å². The SMILES string of the molecule is C#CCO/N=C(/C(=O)O)c1nccc(NC=O)n1. The number of carboxylic acids is 1. The van der Waals surface area contributed by atoms with Gasteiger partial charge in [0.2, 0.25) is 12.1 Å². The van der Waals surface area contributed by atoms with Crippen molar-refractivity contribution in [1.29, 1.82) is 0 Å². The number of hydrogen-bond acceptors (Lipinski definition) is 6. The van der Waals surface area contributed by atoms with Gasteiger partial charge >= 0.3 is 5.97 Å². The molecule has 0 aliphatic carbocycles. The van der Waals surface area contributed by atoms with Gasteiger partial charge in [0.25, 0.3) is 0 Å². The average molecular weight is 248 g/mol. The molecule has 2 N–H and O–H groups in total. The van der Waals surface area contributed by atoms with Gasteiger partial charge in [-0.3, -0.25) is 4.79 Å². The van der Waals surface area contributed by atoms with Crippen LogP contribution in [0.25, 0.3) is 0 Å². The van der Waals surface area contributed by atoms with Crippen LogP contribution in [0.4, 0.5) is 5.82 Å². The highest BCUT2D eigenvalue weighted by atomic mass is 16.6. The summed E-state index contributed by atoms with van der Waals surface area (Å²) in [7, 11) is 0. The fraction of sp³-hybridized carbons (Fsp3) is 0.100. The van der Waals surface area contributed by atoms with Crippen molar-refractivity contribution in [3.63, 3.8) is 0 Å². The van der Waals surface area contributed by atoms with Crippen molar-refractivity contribution >= 4 is 23.9 Å². The average Bonchev–Trinajstić information content (AvgIpc) is 2.35. The Morgan fingerprint density at radius 3 is 3.11 bits per heavy atom. The van der Waals surface area contributed by atoms with Crippen molar-refractivity contribution in [3.8, 4) is 12.3 Å². The maximum absolute atomic E-state index is 10.9. The molecule has 0 aliphatic heterocycles. The summed E-state index contributed by atoms with van der Waals surface area (Å²) in [4.78, 5) is 33.2. The number of oxime groups is 1. The third-order valence-corrected chi connectivity index (χ3v) is 1.58. The quantitative estimate of drug-likeness (QED) is 0.230. The molecule has 8 nitrogen and oxygen atoms in total. The van der Waals surface area contributed by atoms with Crippen molar-refractivity contribution in [2.24, 2.45) is 5.16 Å². The van der Waals surface area contributed by atoms with E-state index in [1.54, 1.807) is 0 Å². The number of carbonyl (C=O) groups excluding carboxylic acids is 1. The molecule has 1 rings (SSSR count). The molecule has 0 aliphatic rings. The zero-order valence-corrected chi connectivity index (χ0v) is 9.03. The molecule has 0 bridgehead atoms. The summed E-state index contributed by atoms with van der Waals surface area (Å²) in [6.45, 7) is -0.178. The van der Waals surface area contributed by atoms with Crippen LogP contribution in [0.5, 0.6) is 0 Å². The molecule has 92 valence electrons. The number of terminal acetylenes is 1. The highest BCUT2D eigenvalue weighted by Crippen LogP contribution is 2.02. The van der Waals surface area contributed by atoms with Gasteiger partial charge in [-0.05, 0) is 6.07 Å². The molecule has 1 aromatic rings. The highest BCUT2D eigenvalue weighted by molar-refractivity contribution is 6.41. The highest BCUT2D eigenvalue weighted by Gasteiger charge is 2.17. The van der Waals surface area contributed by atoms with E-state index in [0.717, 1.165) is 0 Å². The number of carboxylic acid groups (broad SMARTS) is 1. The van der Waals surface area contributed by atoms with Crippen molar-refractivity contribution in [2.45, 2.75) is 0 Å². The van der Waals surface area contributed by atoms with Crippen LogP contribution in [0.1, 0.15) is 5.82 Å². The second-order valence-electron chi connectivity index (χ2n) is 2.75. The van der Waals surface area contributed by atoms with Crippen molar-refractivity contribution in [1.82, 2.24) is 9.97 Å². The Labute approximate surface area is 102 Å². The van der Waals surface area contributed by atoms with Gasteiger partial charge in [0.15, 0.2) is 12.4 Å². The van der Waals surface area contributed by atoms with Crippen LogP contribution in [0, 0.1) is 12.3 Å². The van der Waals surface area contributed by atoms with E-state index in [4.69, 9.17) is 11.5 Å². The molecule has 1 amide bonds. The molecule has 0 saturated carbocycles. The Bertz CT molecular complexity index is 521. The van der Waals surface area contributed by atoms with E-state index < -0.39 is 11.7 Å². The van der Waals surface area contributed by atoms with E-state index in [-0.39, 0.29) is 18.2 Å². The number of hydrogen-bond donors (Lipinski definition) is 2. The number of aliphatic carboxylic acids is 1. The molecule has 0 aromatic carbocycles. The minimum absolute atomic E-state index is 0.140. The standard InChI is InChI=1S/C10H8N4O4/c1-2-5-18-14-8(10(16)17)9-11-4-3-7(13-9)12-6-15/h1,3-4,6H,5H2,(H,16,17)(H,11,12,13,15)/b14-8+. The molecule has 0 radical (unpaired) electrons. The van der Waals surface area contributed by atoms with Crippen molar-refractivity contribution < 1.29 is 19.5 Å². The summed E-state index contributed by atoms with van der Waals surface area (Å²) in [5, 5.41) is 14.5. The summed E-state index contributed by atoms with van der Waals surface area (Å²) >= 11 is 0. The molecule has 8 heteroatoms. The summed E-state index contributed by atoms with van der Waals surface area (Å²) < 4.78 is 0. The number of rotatable bonds is 6. The zero-order chi connectivity index (χ0) is 13.4. The number of aromatic nitrogens is 2. The van der Waals surface area contributed by atoms with Gasteiger partial charge in [0, 0.05) is 6.20 Å². The van der Waals surface area contributed by atoms with Gasteiger partial charge in [-0.1, -0.05) is 11.1 Å². The van der Waals surface area contributed by atoms with Gasteiger partial charge in [0.05, 0.1) is 0 Å². The second kappa shape index (κ2) is 6.59. The van der Waals surface area contributed by atoms with E-state index >= 15 is 0 Å². The molecule has 0 atom stereocenters. The fourth-order valence-electron chi connectivity index (χ4n) is 0.923.